The van der Waals surface area contributed by atoms with Crippen molar-refractivity contribution in [1.82, 2.24) is 4.57 Å². The van der Waals surface area contributed by atoms with Crippen LogP contribution in [-0.4, -0.2) is 37.3 Å². The van der Waals surface area contributed by atoms with Crippen molar-refractivity contribution in [2.45, 2.75) is 19.9 Å². The molecule has 4 aromatic rings. The highest BCUT2D eigenvalue weighted by Crippen LogP contribution is 2.38. The highest BCUT2D eigenvalue weighted by Gasteiger charge is 2.35. The molecule has 1 atom stereocenters. The Morgan fingerprint density at radius 1 is 1.12 bits per heavy atom. The van der Waals surface area contributed by atoms with E-state index in [1.165, 1.54) is 24.9 Å². The van der Waals surface area contributed by atoms with E-state index in [0.717, 1.165) is 11.3 Å². The number of hydrogen-bond donors (Lipinski definition) is 0. The number of hydrogen-bond acceptors (Lipinski definition) is 10. The summed E-state index contributed by atoms with van der Waals surface area (Å²) in [4.78, 5) is 43.6. The average molecular weight is 574 g/mol. The zero-order valence-corrected chi connectivity index (χ0v) is 23.4. The Morgan fingerprint density at radius 3 is 2.61 bits per heavy atom. The third-order valence-corrected chi connectivity index (χ3v) is 7.54. The summed E-state index contributed by atoms with van der Waals surface area (Å²) < 4.78 is 24.0. The van der Waals surface area contributed by atoms with Crippen LogP contribution < -0.4 is 29.5 Å². The zero-order valence-electron chi connectivity index (χ0n) is 22.6. The van der Waals surface area contributed by atoms with E-state index in [2.05, 4.69) is 4.99 Å². The Bertz CT molecular complexity index is 1880. The molecule has 210 valence electrons. The van der Waals surface area contributed by atoms with E-state index in [0.29, 0.717) is 49.2 Å². The van der Waals surface area contributed by atoms with Gasteiger partial charge in [-0.05, 0) is 44.2 Å². The normalized spacial score (nSPS) is 14.8. The fourth-order valence-electron chi connectivity index (χ4n) is 4.72. The maximum absolute atomic E-state index is 13.9. The molecule has 10 nitrogen and oxygen atoms in total. The number of carboxylic acid groups (broad SMARTS) is 1. The molecule has 5 rings (SSSR count). The van der Waals surface area contributed by atoms with Crippen molar-refractivity contribution in [3.63, 3.8) is 0 Å². The van der Waals surface area contributed by atoms with Gasteiger partial charge in [-0.1, -0.05) is 35.6 Å². The summed E-state index contributed by atoms with van der Waals surface area (Å²) in [6.45, 7) is 3.54. The number of nitrogens with zero attached hydrogens (tertiary/aromatic N) is 2. The molecule has 0 unspecified atom stereocenters. The molecule has 1 aliphatic rings. The Balaban J connectivity index is 1.69. The van der Waals surface area contributed by atoms with Crippen LogP contribution in [0.2, 0.25) is 0 Å². The number of benzene rings is 2. The second-order valence-electron chi connectivity index (χ2n) is 8.95. The summed E-state index contributed by atoms with van der Waals surface area (Å²) in [7, 11) is 3.02. The van der Waals surface area contributed by atoms with E-state index in [4.69, 9.17) is 18.6 Å². The van der Waals surface area contributed by atoms with Crippen LogP contribution in [0.5, 0.6) is 11.5 Å². The SMILES string of the molecule is CCOC(=O)C1=C(C)N=c2s/c(=C/c3ccc(-c4ccccc4C(=O)[O-])o3)c(=O)n2[C@@H]1c1cc(OC)ccc1OC. The molecular formula is C30H25N2O8S-. The molecule has 11 heteroatoms. The van der Waals surface area contributed by atoms with Gasteiger partial charge in [0.2, 0.25) is 0 Å². The summed E-state index contributed by atoms with van der Waals surface area (Å²) in [5.74, 6) is -0.323. The lowest BCUT2D eigenvalue weighted by molar-refractivity contribution is -0.255. The number of carbonyl (C=O) groups excluding carboxylic acids is 2. The standard InChI is InChI=1S/C30H26N2O8S/c1-5-39-29(36)25-16(2)31-30-32(26(25)21-14-17(37-3)10-12-22(21)38-4)27(33)24(41-30)15-18-11-13-23(40-18)19-8-6-7-9-20(19)28(34)35/h6-15,26H,5H2,1-4H3,(H,34,35)/p-1/b24-15+/t26-/m1/s1. The lowest BCUT2D eigenvalue weighted by atomic mass is 9.95. The van der Waals surface area contributed by atoms with Crippen LogP contribution in [-0.2, 0) is 9.53 Å². The van der Waals surface area contributed by atoms with E-state index >= 15 is 0 Å². The minimum Gasteiger partial charge on any atom is -0.545 e. The van der Waals surface area contributed by atoms with Gasteiger partial charge in [-0.25, -0.2) is 9.79 Å². The highest BCUT2D eigenvalue weighted by molar-refractivity contribution is 7.07. The third kappa shape index (κ3) is 5.07. The van der Waals surface area contributed by atoms with Gasteiger partial charge in [0, 0.05) is 22.8 Å². The molecule has 3 heterocycles. The number of allylic oxidation sites excluding steroid dienone is 1. The summed E-state index contributed by atoms with van der Waals surface area (Å²) in [6, 6.07) is 13.8. The maximum Gasteiger partial charge on any atom is 0.338 e. The second kappa shape index (κ2) is 11.3. The largest absolute Gasteiger partial charge is 0.545 e. The first-order valence-electron chi connectivity index (χ1n) is 12.6. The van der Waals surface area contributed by atoms with E-state index in [1.54, 1.807) is 68.5 Å². The van der Waals surface area contributed by atoms with Gasteiger partial charge < -0.3 is 28.5 Å². The summed E-state index contributed by atoms with van der Waals surface area (Å²) >= 11 is 1.13. The Hall–Kier alpha value is -4.90. The number of ether oxygens (including phenoxy) is 3. The van der Waals surface area contributed by atoms with Crippen LogP contribution in [0.1, 0.15) is 41.6 Å². The molecule has 0 saturated heterocycles. The molecule has 0 bridgehead atoms. The molecule has 0 radical (unpaired) electrons. The smallest absolute Gasteiger partial charge is 0.338 e. The highest BCUT2D eigenvalue weighted by atomic mass is 32.1. The van der Waals surface area contributed by atoms with Crippen molar-refractivity contribution in [2.24, 2.45) is 4.99 Å². The number of esters is 1. The topological polar surface area (TPSA) is 132 Å². The van der Waals surface area contributed by atoms with Gasteiger partial charge in [0.25, 0.3) is 5.56 Å². The van der Waals surface area contributed by atoms with Crippen molar-refractivity contribution >= 4 is 29.4 Å². The van der Waals surface area contributed by atoms with Crippen LogP contribution in [0.15, 0.2) is 80.1 Å². The minimum atomic E-state index is -1.33. The first-order chi connectivity index (χ1) is 19.8. The molecule has 0 aliphatic carbocycles. The van der Waals surface area contributed by atoms with Crippen LogP contribution in [0.3, 0.4) is 0 Å². The number of carbonyl (C=O) groups is 2. The van der Waals surface area contributed by atoms with Crippen molar-refractivity contribution in [3.8, 4) is 22.8 Å². The molecule has 0 N–H and O–H groups in total. The molecular weight excluding hydrogens is 548 g/mol. The summed E-state index contributed by atoms with van der Waals surface area (Å²) in [5.41, 5.74) is 1.07. The number of thiazole rings is 1. The van der Waals surface area contributed by atoms with E-state index in [-0.39, 0.29) is 17.7 Å². The molecule has 2 aromatic carbocycles. The molecule has 1 aliphatic heterocycles. The quantitative estimate of drug-likeness (QED) is 0.294. The average Bonchev–Trinajstić information content (AvgIpc) is 3.56. The fraction of sp³-hybridized carbons (Fsp3) is 0.200. The van der Waals surface area contributed by atoms with Crippen molar-refractivity contribution in [2.75, 3.05) is 20.8 Å². The van der Waals surface area contributed by atoms with Crippen molar-refractivity contribution < 1.29 is 33.3 Å². The number of aromatic nitrogens is 1. The van der Waals surface area contributed by atoms with Gasteiger partial charge in [-0.3, -0.25) is 9.36 Å². The second-order valence-corrected chi connectivity index (χ2v) is 9.95. The number of carboxylic acids is 1. The Kier molecular flexibility index (Phi) is 7.62. The number of rotatable bonds is 8. The summed E-state index contributed by atoms with van der Waals surface area (Å²) in [5, 5.41) is 11.6. The van der Waals surface area contributed by atoms with Gasteiger partial charge in [-0.15, -0.1) is 0 Å². The number of furan rings is 1. The number of methoxy groups -OCH3 is 2. The zero-order chi connectivity index (χ0) is 29.3. The van der Waals surface area contributed by atoms with Crippen LogP contribution >= 0.6 is 11.3 Å². The van der Waals surface area contributed by atoms with Gasteiger partial charge in [0.1, 0.15) is 29.1 Å². The maximum atomic E-state index is 13.9. The van der Waals surface area contributed by atoms with Gasteiger partial charge in [-0.2, -0.15) is 0 Å². The Morgan fingerprint density at radius 2 is 1.90 bits per heavy atom. The number of aromatic carboxylic acids is 1. The molecule has 41 heavy (non-hydrogen) atoms. The first-order valence-corrected chi connectivity index (χ1v) is 13.4. The van der Waals surface area contributed by atoms with Crippen molar-refractivity contribution in [3.05, 3.63) is 102 Å². The third-order valence-electron chi connectivity index (χ3n) is 6.56. The molecule has 0 fully saturated rings. The van der Waals surface area contributed by atoms with Gasteiger partial charge in [0.05, 0.1) is 42.6 Å². The van der Waals surface area contributed by atoms with Crippen LogP contribution in [0.25, 0.3) is 17.4 Å². The predicted octanol–water partition coefficient (Wildman–Crippen LogP) is 2.44. The lowest BCUT2D eigenvalue weighted by Crippen LogP contribution is -2.40. The molecule has 0 spiro atoms. The number of fused-ring (bicyclic) bond motifs is 1. The first kappa shape index (κ1) is 27.7. The van der Waals surface area contributed by atoms with Gasteiger partial charge in [0.15, 0.2) is 4.80 Å². The molecule has 2 aromatic heterocycles. The van der Waals surface area contributed by atoms with Gasteiger partial charge >= 0.3 is 5.97 Å². The minimum absolute atomic E-state index is 0.0121. The lowest BCUT2D eigenvalue weighted by Gasteiger charge is -2.26. The van der Waals surface area contributed by atoms with Crippen LogP contribution in [0, 0.1) is 0 Å². The Labute approximate surface area is 238 Å². The summed E-state index contributed by atoms with van der Waals surface area (Å²) in [6.07, 6.45) is 1.55. The van der Waals surface area contributed by atoms with Crippen LogP contribution in [0.4, 0.5) is 0 Å². The van der Waals surface area contributed by atoms with Crippen molar-refractivity contribution in [1.29, 1.82) is 0 Å². The molecule has 0 amide bonds. The monoisotopic (exact) mass is 573 g/mol. The fourth-order valence-corrected chi connectivity index (χ4v) is 5.75. The van der Waals surface area contributed by atoms with E-state index < -0.39 is 23.5 Å². The predicted molar refractivity (Wildman–Crippen MR) is 148 cm³/mol. The van der Waals surface area contributed by atoms with E-state index in [1.807, 2.05) is 0 Å². The molecule has 0 saturated carbocycles. The van der Waals surface area contributed by atoms with E-state index in [9.17, 15) is 19.5 Å².